The predicted octanol–water partition coefficient (Wildman–Crippen LogP) is 2.79. The molecule has 0 unspecified atom stereocenters. The molecule has 0 spiro atoms. The number of nitrogens with one attached hydrogen (secondary N) is 1. The zero-order chi connectivity index (χ0) is 13.5. The summed E-state index contributed by atoms with van der Waals surface area (Å²) in [7, 11) is 3.94. The first-order chi connectivity index (χ1) is 8.62. The minimum absolute atomic E-state index is 0.0965. The van der Waals surface area contributed by atoms with Crippen LogP contribution in [0.1, 0.15) is 0 Å². The van der Waals surface area contributed by atoms with Crippen molar-refractivity contribution in [2.24, 2.45) is 0 Å². The molecule has 0 heterocycles. The third kappa shape index (κ3) is 3.44. The van der Waals surface area contributed by atoms with Gasteiger partial charge in [-0.1, -0.05) is 0 Å². The maximum atomic E-state index is 8.83. The summed E-state index contributed by atoms with van der Waals surface area (Å²) in [6, 6.07) is 11.5. The average molecular weight is 258 g/mol. The summed E-state index contributed by atoms with van der Waals surface area (Å²) in [4.78, 5) is 2.01. The first kappa shape index (κ1) is 14.0. The standard InChI is InChI=1S/C13H14N4S/c1-17(2)12-6-4-11(5-7-12)16-13(18-3)10(8-14)9-15/h4-7,16H,1-3H3. The molecule has 18 heavy (non-hydrogen) atoms. The molecule has 1 aromatic rings. The van der Waals surface area contributed by atoms with Gasteiger partial charge in [-0.25, -0.2) is 0 Å². The van der Waals surface area contributed by atoms with E-state index in [1.165, 1.54) is 11.8 Å². The summed E-state index contributed by atoms with van der Waals surface area (Å²) >= 11 is 1.35. The van der Waals surface area contributed by atoms with Crippen molar-refractivity contribution in [3.63, 3.8) is 0 Å². The molecule has 0 aliphatic carbocycles. The van der Waals surface area contributed by atoms with Crippen molar-refractivity contribution >= 4 is 23.1 Å². The third-order valence-electron chi connectivity index (χ3n) is 2.30. The molecular formula is C13H14N4S. The molecule has 0 bridgehead atoms. The van der Waals surface area contributed by atoms with Crippen molar-refractivity contribution in [3.8, 4) is 12.1 Å². The summed E-state index contributed by atoms with van der Waals surface area (Å²) in [5.41, 5.74) is 2.04. The molecular weight excluding hydrogens is 244 g/mol. The van der Waals surface area contributed by atoms with Crippen LogP contribution in [0.5, 0.6) is 0 Å². The van der Waals surface area contributed by atoms with E-state index in [1.54, 1.807) is 0 Å². The van der Waals surface area contributed by atoms with E-state index in [-0.39, 0.29) is 5.57 Å². The number of nitriles is 2. The topological polar surface area (TPSA) is 62.9 Å². The van der Waals surface area contributed by atoms with Crippen LogP contribution in [-0.2, 0) is 0 Å². The number of benzene rings is 1. The van der Waals surface area contributed by atoms with Crippen molar-refractivity contribution in [1.82, 2.24) is 0 Å². The van der Waals surface area contributed by atoms with Gasteiger partial charge in [0.2, 0.25) is 0 Å². The van der Waals surface area contributed by atoms with Gasteiger partial charge < -0.3 is 10.2 Å². The van der Waals surface area contributed by atoms with Crippen LogP contribution in [0.25, 0.3) is 0 Å². The molecule has 0 saturated heterocycles. The highest BCUT2D eigenvalue weighted by Gasteiger charge is 2.05. The van der Waals surface area contributed by atoms with E-state index < -0.39 is 0 Å². The fraction of sp³-hybridized carbons (Fsp3) is 0.231. The monoisotopic (exact) mass is 258 g/mol. The van der Waals surface area contributed by atoms with Crippen LogP contribution in [0.3, 0.4) is 0 Å². The molecule has 92 valence electrons. The summed E-state index contributed by atoms with van der Waals surface area (Å²) in [5.74, 6) is 0. The number of nitrogens with zero attached hydrogens (tertiary/aromatic N) is 3. The minimum atomic E-state index is 0.0965. The van der Waals surface area contributed by atoms with E-state index in [1.807, 2.05) is 61.7 Å². The number of hydrogen-bond donors (Lipinski definition) is 1. The van der Waals surface area contributed by atoms with E-state index in [9.17, 15) is 0 Å². The Balaban J connectivity index is 2.95. The second kappa shape index (κ2) is 6.58. The van der Waals surface area contributed by atoms with Crippen LogP contribution in [-0.4, -0.2) is 20.4 Å². The van der Waals surface area contributed by atoms with Crippen LogP contribution in [0.15, 0.2) is 34.9 Å². The van der Waals surface area contributed by atoms with E-state index >= 15 is 0 Å². The fourth-order valence-electron chi connectivity index (χ4n) is 1.32. The summed E-state index contributed by atoms with van der Waals surface area (Å²) in [6.45, 7) is 0. The molecule has 1 aromatic carbocycles. The van der Waals surface area contributed by atoms with Gasteiger partial charge in [-0.15, -0.1) is 11.8 Å². The van der Waals surface area contributed by atoms with Crippen molar-refractivity contribution in [3.05, 3.63) is 34.9 Å². The Bertz CT molecular complexity index is 501. The van der Waals surface area contributed by atoms with Gasteiger partial charge in [0.15, 0.2) is 5.57 Å². The van der Waals surface area contributed by atoms with Gasteiger partial charge in [-0.3, -0.25) is 0 Å². The van der Waals surface area contributed by atoms with E-state index in [0.717, 1.165) is 11.4 Å². The lowest BCUT2D eigenvalue weighted by Crippen LogP contribution is -2.08. The largest absolute Gasteiger partial charge is 0.378 e. The fourth-order valence-corrected chi connectivity index (χ4v) is 1.83. The van der Waals surface area contributed by atoms with Crippen LogP contribution in [0, 0.1) is 22.7 Å². The number of anilines is 2. The average Bonchev–Trinajstić information content (AvgIpc) is 2.39. The van der Waals surface area contributed by atoms with Crippen LogP contribution < -0.4 is 10.2 Å². The Morgan fingerprint density at radius 1 is 1.17 bits per heavy atom. The normalized spacial score (nSPS) is 8.94. The van der Waals surface area contributed by atoms with E-state index in [2.05, 4.69) is 5.32 Å². The molecule has 0 aliphatic heterocycles. The lowest BCUT2D eigenvalue weighted by Gasteiger charge is -2.14. The molecule has 1 rings (SSSR count). The number of thioether (sulfide) groups is 1. The first-order valence-corrected chi connectivity index (χ1v) is 6.47. The Morgan fingerprint density at radius 3 is 2.11 bits per heavy atom. The molecule has 5 heteroatoms. The summed E-state index contributed by atoms with van der Waals surface area (Å²) in [5, 5.41) is 21.3. The van der Waals surface area contributed by atoms with Crippen molar-refractivity contribution in [2.75, 3.05) is 30.6 Å². The second-order valence-electron chi connectivity index (χ2n) is 3.70. The van der Waals surface area contributed by atoms with Crippen LogP contribution >= 0.6 is 11.8 Å². The minimum Gasteiger partial charge on any atom is -0.378 e. The summed E-state index contributed by atoms with van der Waals surface area (Å²) < 4.78 is 0. The zero-order valence-electron chi connectivity index (χ0n) is 10.6. The van der Waals surface area contributed by atoms with Gasteiger partial charge in [0, 0.05) is 25.5 Å². The molecule has 0 radical (unpaired) electrons. The zero-order valence-corrected chi connectivity index (χ0v) is 11.4. The third-order valence-corrected chi connectivity index (χ3v) is 3.01. The highest BCUT2D eigenvalue weighted by atomic mass is 32.2. The van der Waals surface area contributed by atoms with Crippen LogP contribution in [0.4, 0.5) is 11.4 Å². The predicted molar refractivity (Wildman–Crippen MR) is 76.2 cm³/mol. The number of allylic oxidation sites excluding steroid dienone is 1. The van der Waals surface area contributed by atoms with Gasteiger partial charge >= 0.3 is 0 Å². The molecule has 1 N–H and O–H groups in total. The quantitative estimate of drug-likeness (QED) is 0.841. The Kier molecular flexibility index (Phi) is 5.10. The molecule has 0 fully saturated rings. The molecule has 0 aliphatic rings. The van der Waals surface area contributed by atoms with Crippen molar-refractivity contribution in [2.45, 2.75) is 0 Å². The molecule has 0 amide bonds. The SMILES string of the molecule is CSC(Nc1ccc(N(C)C)cc1)=C(C#N)C#N. The molecule has 4 nitrogen and oxygen atoms in total. The van der Waals surface area contributed by atoms with Gasteiger partial charge in [-0.2, -0.15) is 10.5 Å². The van der Waals surface area contributed by atoms with E-state index in [4.69, 9.17) is 10.5 Å². The number of rotatable bonds is 4. The van der Waals surface area contributed by atoms with Gasteiger partial charge in [0.25, 0.3) is 0 Å². The smallest absolute Gasteiger partial charge is 0.159 e. The van der Waals surface area contributed by atoms with Gasteiger partial charge in [0.05, 0.1) is 0 Å². The second-order valence-corrected chi connectivity index (χ2v) is 4.51. The first-order valence-electron chi connectivity index (χ1n) is 5.25. The molecule has 0 aromatic heterocycles. The number of hydrogen-bond acceptors (Lipinski definition) is 5. The lowest BCUT2D eigenvalue weighted by atomic mass is 10.2. The molecule has 0 atom stereocenters. The Hall–Kier alpha value is -2.11. The van der Waals surface area contributed by atoms with Crippen LogP contribution in [0.2, 0.25) is 0 Å². The maximum absolute atomic E-state index is 8.83. The Morgan fingerprint density at radius 2 is 1.72 bits per heavy atom. The van der Waals surface area contributed by atoms with Gasteiger partial charge in [-0.05, 0) is 30.5 Å². The van der Waals surface area contributed by atoms with Crippen molar-refractivity contribution in [1.29, 1.82) is 10.5 Å². The lowest BCUT2D eigenvalue weighted by molar-refractivity contribution is 1.13. The summed E-state index contributed by atoms with van der Waals surface area (Å²) in [6.07, 6.45) is 1.82. The highest BCUT2D eigenvalue weighted by Crippen LogP contribution is 2.22. The van der Waals surface area contributed by atoms with E-state index in [0.29, 0.717) is 5.03 Å². The molecule has 0 saturated carbocycles. The van der Waals surface area contributed by atoms with Gasteiger partial charge in [0.1, 0.15) is 17.2 Å². The Labute approximate surface area is 112 Å². The maximum Gasteiger partial charge on any atom is 0.159 e. The van der Waals surface area contributed by atoms with Crippen molar-refractivity contribution < 1.29 is 0 Å². The highest BCUT2D eigenvalue weighted by molar-refractivity contribution is 8.02.